The van der Waals surface area contributed by atoms with Crippen molar-refractivity contribution in [3.8, 4) is 0 Å². The van der Waals surface area contributed by atoms with E-state index in [4.69, 9.17) is 0 Å². The molecule has 0 radical (unpaired) electrons. The fraction of sp³-hybridized carbons (Fsp3) is 0.714. The summed E-state index contributed by atoms with van der Waals surface area (Å²) in [5, 5.41) is 9.34. The van der Waals surface area contributed by atoms with Crippen molar-refractivity contribution in [3.05, 3.63) is 12.2 Å². The van der Waals surface area contributed by atoms with Crippen LogP contribution in [0.2, 0.25) is 0 Å². The van der Waals surface area contributed by atoms with Gasteiger partial charge in [0.2, 0.25) is 0 Å². The van der Waals surface area contributed by atoms with Crippen LogP contribution in [0.4, 0.5) is 0 Å². The smallest absolute Gasteiger partial charge is 0.746 e. The van der Waals surface area contributed by atoms with Gasteiger partial charge in [-0.2, -0.15) is 0 Å². The van der Waals surface area contributed by atoms with Crippen LogP contribution in [0, 0.1) is 0 Å². The normalized spacial score (nSPS) is 16.6. The van der Waals surface area contributed by atoms with Gasteiger partial charge in [-0.25, -0.2) is 8.42 Å². The van der Waals surface area contributed by atoms with E-state index in [1.807, 2.05) is 0 Å². The second kappa shape index (κ2) is 6.16. The number of hydrogen-bond acceptors (Lipinski definition) is 4. The Morgan fingerprint density at radius 2 is 2.00 bits per heavy atom. The first-order valence-electron chi connectivity index (χ1n) is 3.66. The first kappa shape index (κ1) is 16.1. The van der Waals surface area contributed by atoms with Crippen LogP contribution in [0.1, 0.15) is 26.7 Å². The first-order valence-corrected chi connectivity index (χ1v) is 5.07. The topological polar surface area (TPSA) is 77.4 Å². The summed E-state index contributed by atoms with van der Waals surface area (Å²) in [7, 11) is -4.63. The molecule has 0 aromatic heterocycles. The van der Waals surface area contributed by atoms with Crippen molar-refractivity contribution < 1.29 is 47.6 Å². The van der Waals surface area contributed by atoms with Gasteiger partial charge in [0.05, 0.1) is 0 Å². The molecule has 0 rings (SSSR count). The van der Waals surface area contributed by atoms with Crippen molar-refractivity contribution in [2.75, 3.05) is 0 Å². The van der Waals surface area contributed by atoms with Crippen LogP contribution < -0.4 is 29.6 Å². The Morgan fingerprint density at radius 3 is 2.23 bits per heavy atom. The minimum atomic E-state index is -4.63. The summed E-state index contributed by atoms with van der Waals surface area (Å²) >= 11 is 0. The monoisotopic (exact) mass is 216 g/mol. The van der Waals surface area contributed by atoms with Crippen LogP contribution in [-0.2, 0) is 10.1 Å². The summed E-state index contributed by atoms with van der Waals surface area (Å²) in [6.07, 6.45) is 2.81. The fourth-order valence-corrected chi connectivity index (χ4v) is 1.38. The van der Waals surface area contributed by atoms with Gasteiger partial charge >= 0.3 is 29.6 Å². The standard InChI is InChI=1S/C7H14O4S.Na/c1-3-5-6-7(8,4-2)12(9,10)11;/h3,5,8H,4,6H2,1-2H3,(H,9,10,11);/q;+1/p-1. The van der Waals surface area contributed by atoms with Gasteiger partial charge in [0, 0.05) is 6.42 Å². The van der Waals surface area contributed by atoms with Crippen LogP contribution in [0.3, 0.4) is 0 Å². The van der Waals surface area contributed by atoms with E-state index >= 15 is 0 Å². The van der Waals surface area contributed by atoms with Gasteiger partial charge in [-0.3, -0.25) is 0 Å². The molecule has 0 aromatic carbocycles. The summed E-state index contributed by atoms with van der Waals surface area (Å²) in [5.74, 6) is 0. The molecular formula is C7H13NaO4S. The molecule has 0 fully saturated rings. The van der Waals surface area contributed by atoms with Crippen molar-refractivity contribution in [2.45, 2.75) is 31.6 Å². The number of aliphatic hydroxyl groups is 1. The van der Waals surface area contributed by atoms with Gasteiger partial charge in [0.25, 0.3) is 0 Å². The van der Waals surface area contributed by atoms with E-state index in [1.165, 1.54) is 13.0 Å². The zero-order valence-corrected chi connectivity index (χ0v) is 11.0. The molecule has 0 aliphatic heterocycles. The Hall–Kier alpha value is 0.610. The molecule has 0 spiro atoms. The summed E-state index contributed by atoms with van der Waals surface area (Å²) in [6, 6.07) is 0. The van der Waals surface area contributed by atoms with Crippen molar-refractivity contribution in [1.82, 2.24) is 0 Å². The first-order chi connectivity index (χ1) is 5.37. The Morgan fingerprint density at radius 1 is 1.54 bits per heavy atom. The minimum Gasteiger partial charge on any atom is -0.746 e. The Bertz CT molecular complexity index is 260. The van der Waals surface area contributed by atoms with Crippen LogP contribution in [-0.4, -0.2) is 23.0 Å². The predicted octanol–water partition coefficient (Wildman–Crippen LogP) is -2.40. The van der Waals surface area contributed by atoms with E-state index in [9.17, 15) is 18.1 Å². The molecule has 0 saturated heterocycles. The zero-order valence-electron chi connectivity index (χ0n) is 8.15. The average molecular weight is 216 g/mol. The van der Waals surface area contributed by atoms with Crippen LogP contribution in [0.5, 0.6) is 0 Å². The number of hydrogen-bond donors (Lipinski definition) is 1. The van der Waals surface area contributed by atoms with E-state index in [0.717, 1.165) is 0 Å². The Balaban J connectivity index is 0. The van der Waals surface area contributed by atoms with E-state index in [0.29, 0.717) is 0 Å². The van der Waals surface area contributed by atoms with E-state index in [-0.39, 0.29) is 42.4 Å². The fourth-order valence-electron chi connectivity index (χ4n) is 0.725. The largest absolute Gasteiger partial charge is 1.00 e. The molecule has 0 heterocycles. The van der Waals surface area contributed by atoms with E-state index in [2.05, 4.69) is 0 Å². The van der Waals surface area contributed by atoms with Crippen LogP contribution in [0.15, 0.2) is 12.2 Å². The summed E-state index contributed by atoms with van der Waals surface area (Å²) < 4.78 is 31.7. The summed E-state index contributed by atoms with van der Waals surface area (Å²) in [5.41, 5.74) is 0. The van der Waals surface area contributed by atoms with Crippen LogP contribution >= 0.6 is 0 Å². The molecule has 13 heavy (non-hydrogen) atoms. The van der Waals surface area contributed by atoms with Crippen LogP contribution in [0.25, 0.3) is 0 Å². The predicted molar refractivity (Wildman–Crippen MR) is 44.4 cm³/mol. The van der Waals surface area contributed by atoms with Gasteiger partial charge < -0.3 is 9.66 Å². The molecule has 1 N–H and O–H groups in total. The molecule has 1 unspecified atom stereocenters. The number of rotatable bonds is 4. The second-order valence-corrected chi connectivity index (χ2v) is 4.20. The molecule has 0 aromatic rings. The molecule has 72 valence electrons. The van der Waals surface area contributed by atoms with Crippen molar-refractivity contribution in [2.24, 2.45) is 0 Å². The third kappa shape index (κ3) is 4.58. The molecule has 4 nitrogen and oxygen atoms in total. The molecule has 0 aliphatic rings. The Kier molecular flexibility index (Phi) is 7.61. The minimum absolute atomic E-state index is 0. The van der Waals surface area contributed by atoms with Gasteiger partial charge in [-0.1, -0.05) is 19.1 Å². The third-order valence-corrected chi connectivity index (χ3v) is 3.08. The quantitative estimate of drug-likeness (QED) is 0.323. The van der Waals surface area contributed by atoms with Crippen molar-refractivity contribution >= 4 is 10.1 Å². The molecular weight excluding hydrogens is 203 g/mol. The van der Waals surface area contributed by atoms with Crippen molar-refractivity contribution in [3.63, 3.8) is 0 Å². The van der Waals surface area contributed by atoms with E-state index < -0.39 is 15.1 Å². The SMILES string of the molecule is CC=CCC(O)(CC)S(=O)(=O)[O-].[Na+]. The van der Waals surface area contributed by atoms with Gasteiger partial charge in [0.1, 0.15) is 10.1 Å². The summed E-state index contributed by atoms with van der Waals surface area (Å²) in [4.78, 5) is -2.14. The average Bonchev–Trinajstić information content (AvgIpc) is 1.98. The van der Waals surface area contributed by atoms with E-state index in [1.54, 1.807) is 13.0 Å². The third-order valence-electron chi connectivity index (χ3n) is 1.69. The summed E-state index contributed by atoms with van der Waals surface area (Å²) in [6.45, 7) is 3.15. The zero-order chi connectivity index (χ0) is 9.83. The maximum Gasteiger partial charge on any atom is 1.00 e. The number of allylic oxidation sites excluding steroid dienone is 1. The van der Waals surface area contributed by atoms with Gasteiger partial charge in [-0.05, 0) is 13.3 Å². The maximum absolute atomic E-state index is 10.6. The molecule has 0 bridgehead atoms. The molecule has 0 amide bonds. The second-order valence-electron chi connectivity index (χ2n) is 2.53. The molecule has 1 atom stereocenters. The van der Waals surface area contributed by atoms with Crippen molar-refractivity contribution in [1.29, 1.82) is 0 Å². The molecule has 6 heteroatoms. The Labute approximate surface area is 101 Å². The maximum atomic E-state index is 10.6. The molecule has 0 aliphatic carbocycles. The molecule has 0 saturated carbocycles. The van der Waals surface area contributed by atoms with Gasteiger partial charge in [0.15, 0.2) is 4.93 Å². The van der Waals surface area contributed by atoms with Gasteiger partial charge in [-0.15, -0.1) is 0 Å².